The first-order valence-corrected chi connectivity index (χ1v) is 4.68. The molecule has 0 saturated heterocycles. The molecule has 0 aliphatic rings. The van der Waals surface area contributed by atoms with E-state index in [4.69, 9.17) is 10.1 Å². The number of nitrogens with zero attached hydrogens (tertiary/aromatic N) is 2. The Balaban J connectivity index is 2.96. The molecule has 0 fully saturated rings. The van der Waals surface area contributed by atoms with E-state index in [1.165, 1.54) is 20.2 Å². The van der Waals surface area contributed by atoms with Crippen molar-refractivity contribution < 1.29 is 9.63 Å². The van der Waals surface area contributed by atoms with Crippen molar-refractivity contribution in [2.45, 2.75) is 0 Å². The molecule has 1 amide bonds. The maximum absolute atomic E-state index is 11.6. The summed E-state index contributed by atoms with van der Waals surface area (Å²) < 4.78 is 0. The number of nitriles is 1. The maximum atomic E-state index is 11.6. The normalized spacial score (nSPS) is 10.7. The third-order valence-corrected chi connectivity index (χ3v) is 2.02. The highest BCUT2D eigenvalue weighted by Gasteiger charge is 2.13. The molecule has 0 atom stereocenters. The fraction of sp³-hybridized carbons (Fsp3) is 0.167. The van der Waals surface area contributed by atoms with E-state index in [-0.39, 0.29) is 5.57 Å². The lowest BCUT2D eigenvalue weighted by Crippen LogP contribution is -2.26. The van der Waals surface area contributed by atoms with Gasteiger partial charge in [-0.2, -0.15) is 5.26 Å². The zero-order valence-corrected chi connectivity index (χ0v) is 9.18. The second-order valence-corrected chi connectivity index (χ2v) is 3.07. The first-order valence-electron chi connectivity index (χ1n) is 4.68. The predicted octanol–water partition coefficient (Wildman–Crippen LogP) is 1.61. The summed E-state index contributed by atoms with van der Waals surface area (Å²) in [6.45, 7) is 0. The minimum absolute atomic E-state index is 0.0375. The predicted molar refractivity (Wildman–Crippen MR) is 59.8 cm³/mol. The van der Waals surface area contributed by atoms with Crippen molar-refractivity contribution in [2.75, 3.05) is 14.2 Å². The van der Waals surface area contributed by atoms with Crippen LogP contribution in [0.1, 0.15) is 5.56 Å². The lowest BCUT2D eigenvalue weighted by molar-refractivity contribution is -0.163. The summed E-state index contributed by atoms with van der Waals surface area (Å²) in [6.07, 6.45) is 1.53. The van der Waals surface area contributed by atoms with E-state index >= 15 is 0 Å². The zero-order valence-electron chi connectivity index (χ0n) is 9.18. The Kier molecular flexibility index (Phi) is 4.25. The van der Waals surface area contributed by atoms with Crippen LogP contribution in [0.25, 0.3) is 6.08 Å². The minimum Gasteiger partial charge on any atom is -0.274 e. The van der Waals surface area contributed by atoms with Crippen LogP contribution in [0.2, 0.25) is 0 Å². The monoisotopic (exact) mass is 216 g/mol. The average molecular weight is 216 g/mol. The van der Waals surface area contributed by atoms with Crippen LogP contribution in [0.15, 0.2) is 35.9 Å². The molecule has 1 rings (SSSR count). The van der Waals surface area contributed by atoms with Crippen molar-refractivity contribution in [3.05, 3.63) is 41.5 Å². The molecule has 0 spiro atoms. The number of hydrogen-bond acceptors (Lipinski definition) is 3. The van der Waals surface area contributed by atoms with E-state index in [2.05, 4.69) is 0 Å². The third-order valence-electron chi connectivity index (χ3n) is 2.02. The van der Waals surface area contributed by atoms with Crippen LogP contribution in [0, 0.1) is 11.3 Å². The van der Waals surface area contributed by atoms with Gasteiger partial charge in [0.2, 0.25) is 0 Å². The topological polar surface area (TPSA) is 53.3 Å². The van der Waals surface area contributed by atoms with Gasteiger partial charge in [0.25, 0.3) is 5.91 Å². The fourth-order valence-corrected chi connectivity index (χ4v) is 1.11. The van der Waals surface area contributed by atoms with Gasteiger partial charge < -0.3 is 0 Å². The van der Waals surface area contributed by atoms with Crippen molar-refractivity contribution in [2.24, 2.45) is 0 Å². The quantitative estimate of drug-likeness (QED) is 0.438. The standard InChI is InChI=1S/C12H12N2O2/c1-14(16-2)12(15)11(9-13)8-10-6-4-3-5-7-10/h3-8H,1-2H3/b11-8+. The zero-order chi connectivity index (χ0) is 12.0. The number of carbonyl (C=O) groups is 1. The summed E-state index contributed by atoms with van der Waals surface area (Å²) in [4.78, 5) is 16.3. The SMILES string of the molecule is CON(C)C(=O)/C(C#N)=C/c1ccccc1. The highest BCUT2D eigenvalue weighted by molar-refractivity contribution is 6.00. The van der Waals surface area contributed by atoms with Crippen molar-refractivity contribution in [1.29, 1.82) is 5.26 Å². The Hall–Kier alpha value is -2.12. The molecule has 0 saturated carbocycles. The van der Waals surface area contributed by atoms with Crippen LogP contribution < -0.4 is 0 Å². The summed E-state index contributed by atoms with van der Waals surface area (Å²) in [5, 5.41) is 9.89. The second kappa shape index (κ2) is 5.69. The van der Waals surface area contributed by atoms with Gasteiger partial charge in [-0.3, -0.25) is 9.63 Å². The van der Waals surface area contributed by atoms with Gasteiger partial charge in [-0.05, 0) is 11.6 Å². The number of hydroxylamine groups is 2. The number of carbonyl (C=O) groups excluding carboxylic acids is 1. The molecule has 0 bridgehead atoms. The minimum atomic E-state index is -0.464. The smallest absolute Gasteiger partial charge is 0.274 e. The van der Waals surface area contributed by atoms with E-state index in [1.807, 2.05) is 36.4 Å². The Morgan fingerprint density at radius 3 is 2.56 bits per heavy atom. The lowest BCUT2D eigenvalue weighted by Gasteiger charge is -2.12. The van der Waals surface area contributed by atoms with E-state index < -0.39 is 5.91 Å². The van der Waals surface area contributed by atoms with Crippen molar-refractivity contribution in [1.82, 2.24) is 5.06 Å². The lowest BCUT2D eigenvalue weighted by atomic mass is 10.1. The molecule has 0 unspecified atom stereocenters. The van der Waals surface area contributed by atoms with Crippen molar-refractivity contribution >= 4 is 12.0 Å². The number of likely N-dealkylation sites (N-methyl/N-ethyl adjacent to an activating group) is 1. The van der Waals surface area contributed by atoms with Gasteiger partial charge >= 0.3 is 0 Å². The molecule has 16 heavy (non-hydrogen) atoms. The van der Waals surface area contributed by atoms with Crippen LogP contribution >= 0.6 is 0 Å². The molecule has 4 heteroatoms. The van der Waals surface area contributed by atoms with Gasteiger partial charge in [0.15, 0.2) is 0 Å². The number of benzene rings is 1. The number of rotatable bonds is 3. The molecule has 1 aromatic carbocycles. The average Bonchev–Trinajstić information content (AvgIpc) is 2.35. The van der Waals surface area contributed by atoms with Gasteiger partial charge in [-0.25, -0.2) is 5.06 Å². The number of amides is 1. The summed E-state index contributed by atoms with van der Waals surface area (Å²) in [7, 11) is 2.83. The molecule has 82 valence electrons. The summed E-state index contributed by atoms with van der Waals surface area (Å²) in [5.41, 5.74) is 0.840. The fourth-order valence-electron chi connectivity index (χ4n) is 1.11. The summed E-state index contributed by atoms with van der Waals surface area (Å²) >= 11 is 0. The van der Waals surface area contributed by atoms with E-state index in [0.717, 1.165) is 10.6 Å². The van der Waals surface area contributed by atoms with Crippen molar-refractivity contribution in [3.8, 4) is 6.07 Å². The molecule has 0 aliphatic heterocycles. The first kappa shape index (κ1) is 12.0. The number of hydrogen-bond donors (Lipinski definition) is 0. The Morgan fingerprint density at radius 1 is 1.44 bits per heavy atom. The van der Waals surface area contributed by atoms with Crippen molar-refractivity contribution in [3.63, 3.8) is 0 Å². The molecule has 1 aromatic rings. The van der Waals surface area contributed by atoms with Crippen LogP contribution in [0.3, 0.4) is 0 Å². The van der Waals surface area contributed by atoms with Crippen LogP contribution in [-0.2, 0) is 9.63 Å². The van der Waals surface area contributed by atoms with E-state index in [9.17, 15) is 4.79 Å². The molecule has 0 heterocycles. The molecular formula is C12H12N2O2. The summed E-state index contributed by atoms with van der Waals surface area (Å²) in [5.74, 6) is -0.464. The van der Waals surface area contributed by atoms with Gasteiger partial charge in [0, 0.05) is 7.05 Å². The van der Waals surface area contributed by atoms with Gasteiger partial charge in [0.05, 0.1) is 7.11 Å². The molecule has 0 aromatic heterocycles. The van der Waals surface area contributed by atoms with Crippen LogP contribution in [-0.4, -0.2) is 25.1 Å². The molecule has 4 nitrogen and oxygen atoms in total. The molecule has 0 radical (unpaired) electrons. The Labute approximate surface area is 94.3 Å². The van der Waals surface area contributed by atoms with Gasteiger partial charge in [0.1, 0.15) is 11.6 Å². The summed E-state index contributed by atoms with van der Waals surface area (Å²) in [6, 6.07) is 11.0. The van der Waals surface area contributed by atoms with Gasteiger partial charge in [-0.1, -0.05) is 30.3 Å². The highest BCUT2D eigenvalue weighted by Crippen LogP contribution is 2.08. The molecule has 0 aliphatic carbocycles. The van der Waals surface area contributed by atoms with E-state index in [0.29, 0.717) is 0 Å². The van der Waals surface area contributed by atoms with Gasteiger partial charge in [-0.15, -0.1) is 0 Å². The second-order valence-electron chi connectivity index (χ2n) is 3.07. The highest BCUT2D eigenvalue weighted by atomic mass is 16.7. The van der Waals surface area contributed by atoms with Crippen LogP contribution in [0.4, 0.5) is 0 Å². The first-order chi connectivity index (χ1) is 7.69. The Bertz CT molecular complexity index is 432. The largest absolute Gasteiger partial charge is 0.287 e. The molecule has 0 N–H and O–H groups in total. The van der Waals surface area contributed by atoms with E-state index in [1.54, 1.807) is 0 Å². The van der Waals surface area contributed by atoms with Crippen LogP contribution in [0.5, 0.6) is 0 Å². The maximum Gasteiger partial charge on any atom is 0.287 e. The third kappa shape index (κ3) is 2.94. The Morgan fingerprint density at radius 2 is 2.06 bits per heavy atom. The molecular weight excluding hydrogens is 204 g/mol.